The fourth-order valence-electron chi connectivity index (χ4n) is 1.22. The van der Waals surface area contributed by atoms with Gasteiger partial charge in [-0.2, -0.15) is 0 Å². The summed E-state index contributed by atoms with van der Waals surface area (Å²) in [6.45, 7) is 2.22. The van der Waals surface area contributed by atoms with Crippen molar-refractivity contribution in [2.24, 2.45) is 0 Å². The average molecular weight is 293 g/mol. The van der Waals surface area contributed by atoms with E-state index in [1.807, 2.05) is 6.08 Å². The van der Waals surface area contributed by atoms with Crippen molar-refractivity contribution in [2.75, 3.05) is 19.0 Å². The number of ether oxygens (including phenoxy) is 2. The number of carbonyl (C=O) groups is 1. The second-order valence-electron chi connectivity index (χ2n) is 3.40. The monoisotopic (exact) mass is 292 g/mol. The topological polar surface area (TPSA) is 35.5 Å². The lowest BCUT2D eigenvalue weighted by atomic mass is 10.2. The van der Waals surface area contributed by atoms with Gasteiger partial charge in [-0.15, -0.1) is 0 Å². The molecule has 16 heavy (non-hydrogen) atoms. The van der Waals surface area contributed by atoms with E-state index in [-0.39, 0.29) is 12.1 Å². The zero-order valence-electron chi connectivity index (χ0n) is 10.1. The van der Waals surface area contributed by atoms with Crippen LogP contribution >= 0.6 is 15.9 Å². The summed E-state index contributed by atoms with van der Waals surface area (Å²) in [6.07, 6.45) is 7.47. The molecular formula is C12H21BrO3. The number of carbonyl (C=O) groups excluding carboxylic acids is 1. The molecule has 0 radical (unpaired) electrons. The second kappa shape index (κ2) is 11.1. The summed E-state index contributed by atoms with van der Waals surface area (Å²) in [5.41, 5.74) is 0. The van der Waals surface area contributed by atoms with Gasteiger partial charge in [0.1, 0.15) is 0 Å². The van der Waals surface area contributed by atoms with Gasteiger partial charge in [0.15, 0.2) is 0 Å². The molecule has 0 aliphatic carbocycles. The summed E-state index contributed by atoms with van der Waals surface area (Å²) in [4.78, 5) is 11.2. The van der Waals surface area contributed by atoms with E-state index in [0.717, 1.165) is 18.2 Å². The molecule has 0 aliphatic heterocycles. The van der Waals surface area contributed by atoms with Crippen molar-refractivity contribution in [1.29, 1.82) is 0 Å². The van der Waals surface area contributed by atoms with Crippen LogP contribution < -0.4 is 0 Å². The van der Waals surface area contributed by atoms with Crippen LogP contribution in [0, 0.1) is 0 Å². The zero-order chi connectivity index (χ0) is 12.2. The maximum absolute atomic E-state index is 11.2. The predicted octanol–water partition coefficient (Wildman–Crippen LogP) is 3.08. The zero-order valence-corrected chi connectivity index (χ0v) is 11.7. The average Bonchev–Trinajstić information content (AvgIpc) is 2.27. The molecule has 4 heteroatoms. The van der Waals surface area contributed by atoms with Crippen LogP contribution in [0.15, 0.2) is 12.2 Å². The summed E-state index contributed by atoms with van der Waals surface area (Å²) in [5, 5.41) is 1.04. The van der Waals surface area contributed by atoms with Gasteiger partial charge in [0.25, 0.3) is 0 Å². The molecule has 0 fully saturated rings. The normalized spacial score (nSPS) is 12.9. The SMILES string of the molecule is CCOC(=O)CC(/C=C/CCCCBr)OC. The van der Waals surface area contributed by atoms with Crippen molar-refractivity contribution in [2.45, 2.75) is 38.7 Å². The van der Waals surface area contributed by atoms with Gasteiger partial charge >= 0.3 is 5.97 Å². The van der Waals surface area contributed by atoms with Crippen molar-refractivity contribution >= 4 is 21.9 Å². The third kappa shape index (κ3) is 8.92. The molecule has 0 aliphatic rings. The number of hydrogen-bond acceptors (Lipinski definition) is 3. The highest BCUT2D eigenvalue weighted by atomic mass is 79.9. The molecule has 0 aromatic heterocycles. The van der Waals surface area contributed by atoms with Gasteiger partial charge < -0.3 is 9.47 Å². The molecule has 3 nitrogen and oxygen atoms in total. The van der Waals surface area contributed by atoms with Gasteiger partial charge in [-0.3, -0.25) is 4.79 Å². The van der Waals surface area contributed by atoms with Crippen LogP contribution in [0.2, 0.25) is 0 Å². The largest absolute Gasteiger partial charge is 0.466 e. The molecule has 0 aromatic rings. The van der Waals surface area contributed by atoms with Crippen LogP contribution in [0.25, 0.3) is 0 Å². The molecule has 0 rings (SSSR count). The Morgan fingerprint density at radius 3 is 2.75 bits per heavy atom. The Labute approximate surface area is 106 Å². The van der Waals surface area contributed by atoms with E-state index in [1.165, 1.54) is 6.42 Å². The molecule has 0 heterocycles. The number of esters is 1. The molecule has 0 saturated carbocycles. The van der Waals surface area contributed by atoms with Crippen molar-refractivity contribution in [3.05, 3.63) is 12.2 Å². The lowest BCUT2D eigenvalue weighted by Gasteiger charge is -2.09. The lowest BCUT2D eigenvalue weighted by molar-refractivity contribution is -0.145. The second-order valence-corrected chi connectivity index (χ2v) is 4.19. The van der Waals surface area contributed by atoms with Gasteiger partial charge in [-0.05, 0) is 26.2 Å². The maximum atomic E-state index is 11.2. The molecule has 0 saturated heterocycles. The van der Waals surface area contributed by atoms with Gasteiger partial charge in [0, 0.05) is 12.4 Å². The minimum atomic E-state index is -0.209. The number of hydrogen-bond donors (Lipinski definition) is 0. The van der Waals surface area contributed by atoms with E-state index in [1.54, 1.807) is 14.0 Å². The minimum Gasteiger partial charge on any atom is -0.466 e. The first-order chi connectivity index (χ1) is 7.74. The summed E-state index contributed by atoms with van der Waals surface area (Å²) in [6, 6.07) is 0. The van der Waals surface area contributed by atoms with Crippen LogP contribution in [-0.4, -0.2) is 31.1 Å². The highest BCUT2D eigenvalue weighted by Crippen LogP contribution is 2.04. The van der Waals surface area contributed by atoms with Gasteiger partial charge in [-0.25, -0.2) is 0 Å². The summed E-state index contributed by atoms with van der Waals surface area (Å²) in [7, 11) is 1.60. The van der Waals surface area contributed by atoms with Crippen LogP contribution in [-0.2, 0) is 14.3 Å². The summed E-state index contributed by atoms with van der Waals surface area (Å²) >= 11 is 3.38. The molecular weight excluding hydrogens is 272 g/mol. The third-order valence-electron chi connectivity index (χ3n) is 2.08. The van der Waals surface area contributed by atoms with E-state index in [2.05, 4.69) is 22.0 Å². The highest BCUT2D eigenvalue weighted by molar-refractivity contribution is 9.09. The number of halogens is 1. The summed E-state index contributed by atoms with van der Waals surface area (Å²) < 4.78 is 10.0. The summed E-state index contributed by atoms with van der Waals surface area (Å²) in [5.74, 6) is -0.209. The molecule has 94 valence electrons. The number of alkyl halides is 1. The Morgan fingerprint density at radius 2 is 2.19 bits per heavy atom. The fraction of sp³-hybridized carbons (Fsp3) is 0.750. The molecule has 0 N–H and O–H groups in total. The Morgan fingerprint density at radius 1 is 1.44 bits per heavy atom. The predicted molar refractivity (Wildman–Crippen MR) is 68.8 cm³/mol. The smallest absolute Gasteiger partial charge is 0.308 e. The van der Waals surface area contributed by atoms with E-state index in [9.17, 15) is 4.79 Å². The van der Waals surface area contributed by atoms with E-state index in [0.29, 0.717) is 13.0 Å². The van der Waals surface area contributed by atoms with E-state index >= 15 is 0 Å². The van der Waals surface area contributed by atoms with Crippen LogP contribution in [0.3, 0.4) is 0 Å². The first-order valence-corrected chi connectivity index (χ1v) is 6.77. The van der Waals surface area contributed by atoms with Crippen molar-refractivity contribution < 1.29 is 14.3 Å². The Hall–Kier alpha value is -0.350. The maximum Gasteiger partial charge on any atom is 0.308 e. The van der Waals surface area contributed by atoms with Crippen molar-refractivity contribution in [3.8, 4) is 0 Å². The van der Waals surface area contributed by atoms with Gasteiger partial charge in [0.2, 0.25) is 0 Å². The first kappa shape index (κ1) is 15.7. The molecule has 0 aromatic carbocycles. The fourth-order valence-corrected chi connectivity index (χ4v) is 1.62. The lowest BCUT2D eigenvalue weighted by Crippen LogP contribution is -2.15. The Bertz CT molecular complexity index is 204. The molecule has 0 amide bonds. The first-order valence-electron chi connectivity index (χ1n) is 5.65. The Balaban J connectivity index is 3.76. The third-order valence-corrected chi connectivity index (χ3v) is 2.64. The van der Waals surface area contributed by atoms with Crippen LogP contribution in [0.4, 0.5) is 0 Å². The van der Waals surface area contributed by atoms with Crippen molar-refractivity contribution in [3.63, 3.8) is 0 Å². The number of methoxy groups -OCH3 is 1. The number of allylic oxidation sites excluding steroid dienone is 1. The van der Waals surface area contributed by atoms with E-state index in [4.69, 9.17) is 9.47 Å². The molecule has 0 spiro atoms. The molecule has 1 atom stereocenters. The van der Waals surface area contributed by atoms with Gasteiger partial charge in [0.05, 0.1) is 19.1 Å². The van der Waals surface area contributed by atoms with E-state index < -0.39 is 0 Å². The standard InChI is InChI=1S/C12H21BrO3/c1-3-16-12(14)10-11(15-2)8-6-4-5-7-9-13/h6,8,11H,3-5,7,9-10H2,1-2H3/b8-6+. The van der Waals surface area contributed by atoms with Crippen LogP contribution in [0.1, 0.15) is 32.6 Å². The van der Waals surface area contributed by atoms with Crippen LogP contribution in [0.5, 0.6) is 0 Å². The van der Waals surface area contributed by atoms with Crippen molar-refractivity contribution in [1.82, 2.24) is 0 Å². The Kier molecular flexibility index (Phi) is 10.9. The number of rotatable bonds is 9. The number of unbranched alkanes of at least 4 members (excludes halogenated alkanes) is 2. The minimum absolute atomic E-state index is 0.164. The molecule has 1 unspecified atom stereocenters. The quantitative estimate of drug-likeness (QED) is 0.284. The van der Waals surface area contributed by atoms with Gasteiger partial charge in [-0.1, -0.05) is 28.1 Å². The highest BCUT2D eigenvalue weighted by Gasteiger charge is 2.10. The molecule has 0 bridgehead atoms.